The number of anilines is 1. The van der Waals surface area contributed by atoms with Crippen molar-refractivity contribution in [3.05, 3.63) is 29.8 Å². The van der Waals surface area contributed by atoms with Crippen LogP contribution in [0.2, 0.25) is 0 Å². The summed E-state index contributed by atoms with van der Waals surface area (Å²) in [5, 5.41) is 19.1. The first-order valence-electron chi connectivity index (χ1n) is 5.28. The third kappa shape index (κ3) is 2.13. The van der Waals surface area contributed by atoms with Crippen LogP contribution in [-0.2, 0) is 6.61 Å². The second-order valence-electron chi connectivity index (χ2n) is 4.46. The molecule has 1 saturated heterocycles. The number of hydrogen-bond acceptors (Lipinski definition) is 3. The summed E-state index contributed by atoms with van der Waals surface area (Å²) in [7, 11) is 0. The van der Waals surface area contributed by atoms with Crippen molar-refractivity contribution in [3.63, 3.8) is 0 Å². The van der Waals surface area contributed by atoms with E-state index in [0.29, 0.717) is 6.54 Å². The van der Waals surface area contributed by atoms with Gasteiger partial charge in [0.05, 0.1) is 12.2 Å². The van der Waals surface area contributed by atoms with Gasteiger partial charge in [-0.05, 0) is 19.4 Å². The lowest BCUT2D eigenvalue weighted by molar-refractivity contribution is 0.0839. The second kappa shape index (κ2) is 3.83. The molecule has 15 heavy (non-hydrogen) atoms. The Bertz CT molecular complexity index is 349. The average Bonchev–Trinajstić information content (AvgIpc) is 2.59. The number of para-hydroxylation sites is 1. The first-order chi connectivity index (χ1) is 7.12. The largest absolute Gasteiger partial charge is 0.392 e. The summed E-state index contributed by atoms with van der Waals surface area (Å²) in [6.45, 7) is 3.40. The fourth-order valence-electron chi connectivity index (χ4n) is 2.10. The molecule has 1 fully saturated rings. The van der Waals surface area contributed by atoms with Crippen LogP contribution in [0.1, 0.15) is 18.9 Å². The highest BCUT2D eigenvalue weighted by Crippen LogP contribution is 2.28. The van der Waals surface area contributed by atoms with Gasteiger partial charge in [0.1, 0.15) is 0 Å². The van der Waals surface area contributed by atoms with E-state index >= 15 is 0 Å². The topological polar surface area (TPSA) is 43.7 Å². The van der Waals surface area contributed by atoms with Crippen molar-refractivity contribution in [3.8, 4) is 0 Å². The van der Waals surface area contributed by atoms with Crippen LogP contribution in [0.5, 0.6) is 0 Å². The van der Waals surface area contributed by atoms with Crippen LogP contribution in [-0.4, -0.2) is 28.9 Å². The van der Waals surface area contributed by atoms with Gasteiger partial charge in [0.2, 0.25) is 0 Å². The van der Waals surface area contributed by atoms with Gasteiger partial charge >= 0.3 is 0 Å². The van der Waals surface area contributed by atoms with Crippen LogP contribution in [0.25, 0.3) is 0 Å². The summed E-state index contributed by atoms with van der Waals surface area (Å²) < 4.78 is 0. The predicted octanol–water partition coefficient (Wildman–Crippen LogP) is 1.14. The summed E-state index contributed by atoms with van der Waals surface area (Å²) >= 11 is 0. The molecule has 2 rings (SSSR count). The van der Waals surface area contributed by atoms with Crippen molar-refractivity contribution in [2.75, 3.05) is 18.0 Å². The molecular weight excluding hydrogens is 190 g/mol. The van der Waals surface area contributed by atoms with Crippen molar-refractivity contribution in [2.45, 2.75) is 25.6 Å². The SMILES string of the molecule is CC1(O)CCN(c2ccccc2CO)C1. The monoisotopic (exact) mass is 207 g/mol. The quantitative estimate of drug-likeness (QED) is 0.764. The van der Waals surface area contributed by atoms with Crippen molar-refractivity contribution in [1.82, 2.24) is 0 Å². The molecule has 0 amide bonds. The Hall–Kier alpha value is -1.06. The Balaban J connectivity index is 2.23. The van der Waals surface area contributed by atoms with E-state index in [9.17, 15) is 10.2 Å². The van der Waals surface area contributed by atoms with Crippen LogP contribution >= 0.6 is 0 Å². The predicted molar refractivity (Wildman–Crippen MR) is 59.8 cm³/mol. The van der Waals surface area contributed by atoms with Crippen LogP contribution in [0.15, 0.2) is 24.3 Å². The second-order valence-corrected chi connectivity index (χ2v) is 4.46. The van der Waals surface area contributed by atoms with Gasteiger partial charge in [-0.25, -0.2) is 0 Å². The van der Waals surface area contributed by atoms with E-state index in [1.54, 1.807) is 0 Å². The zero-order chi connectivity index (χ0) is 10.9. The van der Waals surface area contributed by atoms with E-state index in [1.165, 1.54) is 0 Å². The molecule has 3 heteroatoms. The van der Waals surface area contributed by atoms with E-state index in [1.807, 2.05) is 31.2 Å². The van der Waals surface area contributed by atoms with Gasteiger partial charge in [-0.3, -0.25) is 0 Å². The van der Waals surface area contributed by atoms with Gasteiger partial charge < -0.3 is 15.1 Å². The van der Waals surface area contributed by atoms with E-state index in [4.69, 9.17) is 0 Å². The Labute approximate surface area is 90.0 Å². The summed E-state index contributed by atoms with van der Waals surface area (Å²) in [5.74, 6) is 0. The zero-order valence-corrected chi connectivity index (χ0v) is 8.98. The van der Waals surface area contributed by atoms with Crippen LogP contribution in [0.4, 0.5) is 5.69 Å². The molecule has 1 atom stereocenters. The number of hydrogen-bond donors (Lipinski definition) is 2. The minimum Gasteiger partial charge on any atom is -0.392 e. The Morgan fingerprint density at radius 1 is 1.40 bits per heavy atom. The molecule has 0 bridgehead atoms. The molecule has 1 aromatic rings. The van der Waals surface area contributed by atoms with Gasteiger partial charge in [-0.15, -0.1) is 0 Å². The average molecular weight is 207 g/mol. The van der Waals surface area contributed by atoms with Crippen molar-refractivity contribution >= 4 is 5.69 Å². The van der Waals surface area contributed by atoms with E-state index in [2.05, 4.69) is 4.90 Å². The first kappa shape index (κ1) is 10.5. The standard InChI is InChI=1S/C12H17NO2/c1-12(15)6-7-13(9-12)11-5-3-2-4-10(11)8-14/h2-5,14-15H,6-9H2,1H3. The van der Waals surface area contributed by atoms with Crippen LogP contribution < -0.4 is 4.90 Å². The van der Waals surface area contributed by atoms with E-state index in [-0.39, 0.29) is 6.61 Å². The number of rotatable bonds is 2. The lowest BCUT2D eigenvalue weighted by Gasteiger charge is -2.22. The van der Waals surface area contributed by atoms with Crippen molar-refractivity contribution < 1.29 is 10.2 Å². The fraction of sp³-hybridized carbons (Fsp3) is 0.500. The van der Waals surface area contributed by atoms with Crippen LogP contribution in [0.3, 0.4) is 0 Å². The lowest BCUT2D eigenvalue weighted by Crippen LogP contribution is -2.30. The molecular formula is C12H17NO2. The summed E-state index contributed by atoms with van der Waals surface area (Å²) in [6, 6.07) is 7.79. The molecule has 1 aliphatic rings. The molecule has 0 spiro atoms. The fourth-order valence-corrected chi connectivity index (χ4v) is 2.10. The Kier molecular flexibility index (Phi) is 2.67. The summed E-state index contributed by atoms with van der Waals surface area (Å²) in [6.07, 6.45) is 0.784. The smallest absolute Gasteiger partial charge is 0.0810 e. The number of nitrogens with zero attached hydrogens (tertiary/aromatic N) is 1. The number of β-amino-alcohol motifs (C(OH)–C–C–N with tert-alkyl or cyclic N) is 1. The van der Waals surface area contributed by atoms with Gasteiger partial charge in [-0.1, -0.05) is 18.2 Å². The molecule has 1 heterocycles. The Morgan fingerprint density at radius 3 is 2.73 bits per heavy atom. The minimum atomic E-state index is -0.595. The molecule has 2 N–H and O–H groups in total. The highest BCUT2D eigenvalue weighted by atomic mass is 16.3. The maximum Gasteiger partial charge on any atom is 0.0810 e. The van der Waals surface area contributed by atoms with Gasteiger partial charge in [0, 0.05) is 24.3 Å². The minimum absolute atomic E-state index is 0.0504. The maximum atomic E-state index is 9.89. The molecule has 1 aromatic carbocycles. The number of benzene rings is 1. The first-order valence-corrected chi connectivity index (χ1v) is 5.28. The zero-order valence-electron chi connectivity index (χ0n) is 8.98. The van der Waals surface area contributed by atoms with Gasteiger partial charge in [0.25, 0.3) is 0 Å². The molecule has 1 aliphatic heterocycles. The highest BCUT2D eigenvalue weighted by Gasteiger charge is 2.31. The summed E-state index contributed by atoms with van der Waals surface area (Å²) in [4.78, 5) is 2.13. The maximum absolute atomic E-state index is 9.89. The molecule has 3 nitrogen and oxygen atoms in total. The van der Waals surface area contributed by atoms with E-state index < -0.39 is 5.60 Å². The van der Waals surface area contributed by atoms with E-state index in [0.717, 1.165) is 24.2 Å². The molecule has 1 unspecified atom stereocenters. The molecule has 0 radical (unpaired) electrons. The molecule has 0 aliphatic carbocycles. The van der Waals surface area contributed by atoms with Gasteiger partial charge in [0.15, 0.2) is 0 Å². The molecule has 0 aromatic heterocycles. The third-order valence-electron chi connectivity index (χ3n) is 2.95. The normalized spacial score (nSPS) is 25.9. The van der Waals surface area contributed by atoms with Crippen LogP contribution in [0, 0.1) is 0 Å². The molecule has 0 saturated carbocycles. The van der Waals surface area contributed by atoms with Gasteiger partial charge in [-0.2, -0.15) is 0 Å². The highest BCUT2D eigenvalue weighted by molar-refractivity contribution is 5.54. The van der Waals surface area contributed by atoms with Crippen molar-refractivity contribution in [2.24, 2.45) is 0 Å². The summed E-state index contributed by atoms with van der Waals surface area (Å²) in [5.41, 5.74) is 1.37. The number of aliphatic hydroxyl groups excluding tert-OH is 1. The van der Waals surface area contributed by atoms with Crippen molar-refractivity contribution in [1.29, 1.82) is 0 Å². The lowest BCUT2D eigenvalue weighted by atomic mass is 10.1. The number of aliphatic hydroxyl groups is 2. The molecule has 82 valence electrons. The third-order valence-corrected chi connectivity index (χ3v) is 2.95. The Morgan fingerprint density at radius 2 is 2.13 bits per heavy atom.